The standard InChI is InChI=1S/C25H27NO4/c1-28-22-11-7-17(8-12-22)19-13-20-9-10-21(14-19)26(20)25(27)24-16-29-15-23(30-24)18-5-3-2-4-6-18/h2-3,5,7-8,11-12,15-16,19-21H,4,6,9-10,13-14H2,1H3. The first-order valence-electron chi connectivity index (χ1n) is 10.8. The van der Waals surface area contributed by atoms with Crippen molar-refractivity contribution in [2.45, 2.75) is 56.5 Å². The van der Waals surface area contributed by atoms with Crippen LogP contribution in [0.4, 0.5) is 0 Å². The Bertz CT molecular complexity index is 926. The number of piperidine rings is 1. The predicted octanol–water partition coefficient (Wildman–Crippen LogP) is 4.94. The van der Waals surface area contributed by atoms with Gasteiger partial charge in [0.2, 0.25) is 5.76 Å². The monoisotopic (exact) mass is 405 g/mol. The highest BCUT2D eigenvalue weighted by Gasteiger charge is 2.45. The second-order valence-corrected chi connectivity index (χ2v) is 8.40. The molecule has 0 spiro atoms. The number of methoxy groups -OCH3 is 1. The normalized spacial score (nSPS) is 27.4. The van der Waals surface area contributed by atoms with Crippen LogP contribution < -0.4 is 4.74 Å². The van der Waals surface area contributed by atoms with Crippen molar-refractivity contribution in [1.29, 1.82) is 0 Å². The molecule has 2 atom stereocenters. The van der Waals surface area contributed by atoms with Gasteiger partial charge in [-0.3, -0.25) is 4.79 Å². The molecule has 5 heteroatoms. The van der Waals surface area contributed by atoms with Crippen molar-refractivity contribution in [2.24, 2.45) is 0 Å². The van der Waals surface area contributed by atoms with E-state index in [0.717, 1.165) is 49.8 Å². The van der Waals surface area contributed by atoms with Crippen LogP contribution in [0.5, 0.6) is 5.75 Å². The van der Waals surface area contributed by atoms with Crippen LogP contribution in [0.1, 0.15) is 50.0 Å². The van der Waals surface area contributed by atoms with E-state index in [1.807, 2.05) is 29.2 Å². The lowest BCUT2D eigenvalue weighted by Crippen LogP contribution is -2.47. The van der Waals surface area contributed by atoms with Crippen LogP contribution in [0.3, 0.4) is 0 Å². The van der Waals surface area contributed by atoms with Gasteiger partial charge in [-0.25, -0.2) is 0 Å². The summed E-state index contributed by atoms with van der Waals surface area (Å²) in [4.78, 5) is 15.4. The Morgan fingerprint density at radius 3 is 2.53 bits per heavy atom. The highest BCUT2D eigenvalue weighted by Crippen LogP contribution is 2.44. The van der Waals surface area contributed by atoms with Crippen molar-refractivity contribution in [3.8, 4) is 5.75 Å². The summed E-state index contributed by atoms with van der Waals surface area (Å²) in [5.41, 5.74) is 2.40. The topological polar surface area (TPSA) is 48.0 Å². The lowest BCUT2D eigenvalue weighted by atomic mass is 9.85. The molecular formula is C25H27NO4. The van der Waals surface area contributed by atoms with Gasteiger partial charge in [-0.2, -0.15) is 0 Å². The number of ether oxygens (including phenoxy) is 3. The molecule has 2 bridgehead atoms. The van der Waals surface area contributed by atoms with Crippen molar-refractivity contribution >= 4 is 5.91 Å². The molecule has 0 N–H and O–H groups in total. The van der Waals surface area contributed by atoms with Crippen LogP contribution in [-0.4, -0.2) is 30.0 Å². The molecule has 5 rings (SSSR count). The van der Waals surface area contributed by atoms with E-state index in [9.17, 15) is 4.79 Å². The van der Waals surface area contributed by atoms with E-state index >= 15 is 0 Å². The van der Waals surface area contributed by atoms with Gasteiger partial charge in [0.05, 0.1) is 7.11 Å². The molecule has 3 heterocycles. The Balaban J connectivity index is 1.28. The second kappa shape index (κ2) is 8.05. The minimum absolute atomic E-state index is 0.0479. The summed E-state index contributed by atoms with van der Waals surface area (Å²) in [6.45, 7) is 0. The maximum absolute atomic E-state index is 13.3. The smallest absolute Gasteiger partial charge is 0.293 e. The lowest BCUT2D eigenvalue weighted by molar-refractivity contribution is -0.135. The highest BCUT2D eigenvalue weighted by atomic mass is 16.5. The van der Waals surface area contributed by atoms with Gasteiger partial charge in [0.15, 0.2) is 5.76 Å². The number of hydrogen-bond acceptors (Lipinski definition) is 4. The van der Waals surface area contributed by atoms with Crippen LogP contribution in [0, 0.1) is 0 Å². The summed E-state index contributed by atoms with van der Waals surface area (Å²) in [5, 5.41) is 0. The minimum Gasteiger partial charge on any atom is -0.497 e. The van der Waals surface area contributed by atoms with Crippen LogP contribution >= 0.6 is 0 Å². The van der Waals surface area contributed by atoms with E-state index in [-0.39, 0.29) is 18.0 Å². The van der Waals surface area contributed by atoms with Crippen molar-refractivity contribution in [3.63, 3.8) is 0 Å². The molecule has 5 nitrogen and oxygen atoms in total. The number of carbonyl (C=O) groups excluding carboxylic acids is 1. The van der Waals surface area contributed by atoms with Gasteiger partial charge >= 0.3 is 0 Å². The van der Waals surface area contributed by atoms with Crippen molar-refractivity contribution < 1.29 is 19.0 Å². The molecule has 1 aliphatic carbocycles. The van der Waals surface area contributed by atoms with E-state index in [0.29, 0.717) is 17.4 Å². The third-order valence-corrected chi connectivity index (χ3v) is 6.67. The number of nitrogens with zero attached hydrogens (tertiary/aromatic N) is 1. The fourth-order valence-corrected chi connectivity index (χ4v) is 5.15. The Morgan fingerprint density at radius 2 is 1.87 bits per heavy atom. The van der Waals surface area contributed by atoms with Crippen LogP contribution in [0.25, 0.3) is 0 Å². The number of hydrogen-bond donors (Lipinski definition) is 0. The summed E-state index contributed by atoms with van der Waals surface area (Å²) < 4.78 is 16.8. The zero-order valence-corrected chi connectivity index (χ0v) is 17.3. The van der Waals surface area contributed by atoms with Gasteiger partial charge < -0.3 is 19.1 Å². The molecule has 0 radical (unpaired) electrons. The van der Waals surface area contributed by atoms with E-state index in [2.05, 4.69) is 18.2 Å². The van der Waals surface area contributed by atoms with Crippen molar-refractivity contribution in [2.75, 3.05) is 7.11 Å². The minimum atomic E-state index is -0.0479. The van der Waals surface area contributed by atoms with Crippen molar-refractivity contribution in [1.82, 2.24) is 4.90 Å². The van der Waals surface area contributed by atoms with Gasteiger partial charge in [-0.05, 0) is 67.7 Å². The molecule has 2 saturated heterocycles. The van der Waals surface area contributed by atoms with E-state index in [1.54, 1.807) is 13.4 Å². The summed E-state index contributed by atoms with van der Waals surface area (Å²) >= 11 is 0. The molecule has 2 unspecified atom stereocenters. The van der Waals surface area contributed by atoms with E-state index in [1.165, 1.54) is 11.8 Å². The third-order valence-electron chi connectivity index (χ3n) is 6.67. The molecule has 1 aromatic carbocycles. The Kier molecular flexibility index (Phi) is 5.11. The zero-order valence-electron chi connectivity index (χ0n) is 17.3. The quantitative estimate of drug-likeness (QED) is 0.712. The van der Waals surface area contributed by atoms with Gasteiger partial charge in [0, 0.05) is 12.1 Å². The lowest BCUT2D eigenvalue weighted by Gasteiger charge is -2.39. The first-order valence-corrected chi connectivity index (χ1v) is 10.8. The van der Waals surface area contributed by atoms with Gasteiger partial charge in [-0.1, -0.05) is 30.4 Å². The fourth-order valence-electron chi connectivity index (χ4n) is 5.15. The van der Waals surface area contributed by atoms with Crippen LogP contribution in [-0.2, 0) is 14.3 Å². The molecule has 0 aromatic heterocycles. The first-order chi connectivity index (χ1) is 14.7. The van der Waals surface area contributed by atoms with Gasteiger partial charge in [0.1, 0.15) is 18.3 Å². The summed E-state index contributed by atoms with van der Waals surface area (Å²) in [6, 6.07) is 8.86. The summed E-state index contributed by atoms with van der Waals surface area (Å²) in [7, 11) is 1.69. The molecule has 156 valence electrons. The molecule has 3 aliphatic heterocycles. The second-order valence-electron chi connectivity index (χ2n) is 8.40. The molecule has 0 saturated carbocycles. The number of benzene rings is 1. The first kappa shape index (κ1) is 19.0. The number of amides is 1. The Hall–Kier alpha value is -2.95. The van der Waals surface area contributed by atoms with Gasteiger partial charge in [-0.15, -0.1) is 0 Å². The average Bonchev–Trinajstić information content (AvgIpc) is 3.08. The molecule has 1 amide bonds. The summed E-state index contributed by atoms with van der Waals surface area (Å²) in [5.74, 6) is 2.24. The van der Waals surface area contributed by atoms with E-state index in [4.69, 9.17) is 14.2 Å². The van der Waals surface area contributed by atoms with Crippen molar-refractivity contribution in [3.05, 3.63) is 77.7 Å². The average molecular weight is 405 g/mol. The number of carbonyl (C=O) groups is 1. The Labute approximate surface area is 177 Å². The number of allylic oxidation sites excluding steroid dienone is 4. The molecule has 30 heavy (non-hydrogen) atoms. The van der Waals surface area contributed by atoms with Crippen LogP contribution in [0.15, 0.2) is 72.1 Å². The SMILES string of the molecule is COc1ccc(C2CC3CCC(C2)N3C(=O)C2=COC=C(C3=CC=CCC3)O2)cc1. The molecule has 2 fully saturated rings. The van der Waals surface area contributed by atoms with Gasteiger partial charge in [0.25, 0.3) is 5.91 Å². The Morgan fingerprint density at radius 1 is 1.10 bits per heavy atom. The number of fused-ring (bicyclic) bond motifs is 2. The van der Waals surface area contributed by atoms with E-state index < -0.39 is 0 Å². The fraction of sp³-hybridized carbons (Fsp3) is 0.400. The third kappa shape index (κ3) is 3.53. The highest BCUT2D eigenvalue weighted by molar-refractivity contribution is 5.92. The largest absolute Gasteiger partial charge is 0.497 e. The number of rotatable bonds is 4. The summed E-state index contributed by atoms with van der Waals surface area (Å²) in [6.07, 6.45) is 15.2. The molecule has 1 aromatic rings. The maximum atomic E-state index is 13.3. The zero-order chi connectivity index (χ0) is 20.5. The molecular weight excluding hydrogens is 378 g/mol. The van der Waals surface area contributed by atoms with Crippen LogP contribution in [0.2, 0.25) is 0 Å². The predicted molar refractivity (Wildman–Crippen MR) is 113 cm³/mol. The maximum Gasteiger partial charge on any atom is 0.293 e. The molecule has 4 aliphatic rings.